The molecule has 37 heteroatoms. The predicted molar refractivity (Wildman–Crippen MR) is 497 cm³/mol. The van der Waals surface area contributed by atoms with Gasteiger partial charge in [0.2, 0.25) is 25.4 Å². The Bertz CT molecular complexity index is 6980. The van der Waals surface area contributed by atoms with Crippen LogP contribution in [0, 0.1) is 40.2 Å². The number of ketones is 4. The zero-order valence-corrected chi connectivity index (χ0v) is 80.3. The topological polar surface area (TPSA) is 352 Å². The molecular formula is C96H109F6N11O16S4. The molecule has 11 heterocycles. The van der Waals surface area contributed by atoms with Gasteiger partial charge in [-0.2, -0.15) is 20.4 Å². The number of alkyl halides is 4. The summed E-state index contributed by atoms with van der Waals surface area (Å²) in [5.41, 5.74) is 6.85. The van der Waals surface area contributed by atoms with Gasteiger partial charge < -0.3 is 18.9 Å². The van der Waals surface area contributed by atoms with Crippen molar-refractivity contribution in [1.82, 2.24) is 54.1 Å². The Kier molecular flexibility index (Phi) is 28.5. The van der Waals surface area contributed by atoms with Crippen LogP contribution in [-0.2, 0) is 39.3 Å². The Hall–Kier alpha value is -11.3. The van der Waals surface area contributed by atoms with E-state index in [1.54, 1.807) is 122 Å². The highest BCUT2D eigenvalue weighted by Gasteiger charge is 2.49. The van der Waals surface area contributed by atoms with Crippen LogP contribution in [0.1, 0.15) is 221 Å². The van der Waals surface area contributed by atoms with E-state index in [1.165, 1.54) is 50.7 Å². The molecule has 27 nitrogen and oxygen atoms in total. The van der Waals surface area contributed by atoms with E-state index in [9.17, 15) is 70.4 Å². The molecule has 0 aliphatic carbocycles. The van der Waals surface area contributed by atoms with Gasteiger partial charge in [0.15, 0.2) is 58.5 Å². The highest BCUT2D eigenvalue weighted by Crippen LogP contribution is 2.45. The zero-order chi connectivity index (χ0) is 97.1. The number of carbonyl (C=O) groups is 4. The van der Waals surface area contributed by atoms with E-state index in [0.29, 0.717) is 103 Å². The molecule has 0 amide bonds. The van der Waals surface area contributed by atoms with Gasteiger partial charge in [-0.3, -0.25) is 52.9 Å². The van der Waals surface area contributed by atoms with Crippen molar-refractivity contribution >= 4 is 106 Å². The lowest BCUT2D eigenvalue weighted by molar-refractivity contribution is 0.0852. The Labute approximate surface area is 768 Å². The number of nitrogens with zero attached hydrogens (tertiary/aromatic N) is 11. The van der Waals surface area contributed by atoms with Crippen LogP contribution in [0.2, 0.25) is 0 Å². The molecule has 4 atom stereocenters. The number of hydrogen-bond donors (Lipinski definition) is 0. The maximum atomic E-state index is 15.7. The Morgan fingerprint density at radius 1 is 0.398 bits per heavy atom. The van der Waals surface area contributed by atoms with Gasteiger partial charge in [-0.15, -0.1) is 0 Å². The zero-order valence-electron chi connectivity index (χ0n) is 77.1. The van der Waals surface area contributed by atoms with Gasteiger partial charge in [0, 0.05) is 156 Å². The van der Waals surface area contributed by atoms with Crippen molar-refractivity contribution in [2.45, 2.75) is 206 Å². The van der Waals surface area contributed by atoms with Gasteiger partial charge in [-0.25, -0.2) is 60.0 Å². The molecule has 710 valence electrons. The Morgan fingerprint density at radius 3 is 1.32 bits per heavy atom. The second kappa shape index (κ2) is 38.2. The summed E-state index contributed by atoms with van der Waals surface area (Å²) in [6, 6.07) is 31.2. The van der Waals surface area contributed by atoms with Crippen LogP contribution in [-0.4, -0.2) is 182 Å². The van der Waals surface area contributed by atoms with Gasteiger partial charge >= 0.3 is 0 Å². The number of sulfone groups is 4. The largest absolute Gasteiger partial charge is 0.461 e. The summed E-state index contributed by atoms with van der Waals surface area (Å²) < 4.78 is 205. The third kappa shape index (κ3) is 22.9. The van der Waals surface area contributed by atoms with E-state index in [1.807, 2.05) is 97.7 Å². The summed E-state index contributed by atoms with van der Waals surface area (Å²) in [6.07, 6.45) is 0.102. The molecule has 4 aliphatic rings. The van der Waals surface area contributed by atoms with E-state index in [4.69, 9.17) is 29.1 Å². The maximum absolute atomic E-state index is 15.7. The molecule has 0 radical (unpaired) electrons. The number of aromatic nitrogens is 11. The Morgan fingerprint density at radius 2 is 0.820 bits per heavy atom. The summed E-state index contributed by atoms with van der Waals surface area (Å²) in [7, 11) is -12.2. The number of aryl methyl sites for hydroxylation is 1. The highest BCUT2D eigenvalue weighted by atomic mass is 32.2. The molecule has 0 N–H and O–H groups in total. The van der Waals surface area contributed by atoms with Crippen molar-refractivity contribution in [3.8, 4) is 68.0 Å². The molecule has 0 spiro atoms. The summed E-state index contributed by atoms with van der Waals surface area (Å²) in [5.74, 6) is -0.894. The van der Waals surface area contributed by atoms with Crippen molar-refractivity contribution in [3.05, 3.63) is 174 Å². The molecule has 0 bridgehead atoms. The molecular weight excluding hydrogens is 1810 g/mol. The first-order valence-corrected chi connectivity index (χ1v) is 51.0. The molecule has 5 aromatic carbocycles. The molecule has 12 aromatic rings. The first kappa shape index (κ1) is 99.2. The molecule has 16 rings (SSSR count). The van der Waals surface area contributed by atoms with Gasteiger partial charge in [0.25, 0.3) is 0 Å². The summed E-state index contributed by atoms with van der Waals surface area (Å²) in [6.45, 7) is 29.7. The lowest BCUT2D eigenvalue weighted by atomic mass is 9.78. The number of Topliss-reactive ketones (excluding diaryl/α,β-unsaturated/α-hetero) is 4. The predicted octanol–water partition coefficient (Wildman–Crippen LogP) is 19.5. The fourth-order valence-electron chi connectivity index (χ4n) is 17.7. The lowest BCUT2D eigenvalue weighted by Gasteiger charge is -2.37. The van der Waals surface area contributed by atoms with Crippen LogP contribution in [0.5, 0.6) is 23.0 Å². The summed E-state index contributed by atoms with van der Waals surface area (Å²) >= 11 is 0. The minimum absolute atomic E-state index is 0.000503. The first-order valence-electron chi connectivity index (χ1n) is 43.7. The molecule has 0 saturated carbocycles. The average Bonchev–Trinajstić information content (AvgIpc) is 1.70. The van der Waals surface area contributed by atoms with Crippen LogP contribution in [0.3, 0.4) is 0 Å². The van der Waals surface area contributed by atoms with Gasteiger partial charge in [-0.05, 0) is 159 Å². The first-order chi connectivity index (χ1) is 62.1. The summed E-state index contributed by atoms with van der Waals surface area (Å²) in [4.78, 5) is 65.2. The normalized spacial score (nSPS) is 17.8. The van der Waals surface area contributed by atoms with Crippen LogP contribution < -0.4 is 18.9 Å². The second-order valence-corrected chi connectivity index (χ2v) is 46.3. The van der Waals surface area contributed by atoms with Crippen molar-refractivity contribution in [1.29, 1.82) is 0 Å². The molecule has 4 saturated heterocycles. The van der Waals surface area contributed by atoms with Crippen LogP contribution in [0.4, 0.5) is 26.3 Å². The van der Waals surface area contributed by atoms with Gasteiger partial charge in [0.1, 0.15) is 78.2 Å². The van der Waals surface area contributed by atoms with E-state index in [2.05, 4.69) is 25.1 Å². The van der Waals surface area contributed by atoms with Crippen molar-refractivity contribution < 1.29 is 98.1 Å². The quantitative estimate of drug-likeness (QED) is 0.0325. The monoisotopic (exact) mass is 1910 g/mol. The number of ether oxygens (including phenoxy) is 4. The highest BCUT2D eigenvalue weighted by molar-refractivity contribution is 7.93. The number of hydrogen-bond acceptors (Lipinski definition) is 23. The number of carbonyl (C=O) groups excluding carboxylic acids is 4. The molecule has 133 heavy (non-hydrogen) atoms. The number of rotatable bonds is 28. The van der Waals surface area contributed by atoms with E-state index in [0.717, 1.165) is 22.0 Å². The third-order valence-corrected chi connectivity index (χ3v) is 32.0. The smallest absolute Gasteiger partial charge is 0.235 e. The minimum atomic E-state index is -3.11. The van der Waals surface area contributed by atoms with Crippen LogP contribution >= 0.6 is 0 Å². The fraction of sp³-hybridized carbons (Fsp3) is 0.448. The molecule has 7 aromatic heterocycles. The third-order valence-electron chi connectivity index (χ3n) is 23.5. The van der Waals surface area contributed by atoms with Gasteiger partial charge in [-0.1, -0.05) is 64.1 Å². The van der Waals surface area contributed by atoms with Crippen LogP contribution in [0.25, 0.3) is 88.8 Å². The minimum Gasteiger partial charge on any atom is -0.461 e. The number of halogens is 6. The average molecular weight is 1920 g/mol. The van der Waals surface area contributed by atoms with E-state index in [-0.39, 0.29) is 146 Å². The lowest BCUT2D eigenvalue weighted by Crippen LogP contribution is -2.47. The second-order valence-electron chi connectivity index (χ2n) is 37.8. The molecule has 4 unspecified atom stereocenters. The SMILES string of the molecule is CC(F)Oc1cccc(-c2nn(C(C)C)c3c(F)c(C(=O)CC4(C)CS(=O)(=O)C4)ccc23)c1.CC(F)Oc1cccc(-c2nn(C(C)C)c3cc(C(=O)CC4(C)CCS(=O)(=O)CC4)cnc23)c1.CC(F)Oc1cccc(-c2nn(C(C)C)c3cc(C(=O)CC4(C)CS(=O)(=O)C4)cc(F)c23)c1.Cc1ncc(OC(C)F)cc1-c1nn(C(C)C)c2cc(C(=O)CC3(C)CS(=O)(=O)C3)ncc12. The standard InChI is InChI=1S/C25H30FN3O4S.2C24H26F2N2O4S.C23H27FN4O4S/c1-16(2)29-21-13-19(22(30)14-25(4)8-10-34(31,32)11-9-25)15-27-24(21)23(28-29)18-6-5-7-20(12-18)33-17(3)26;1-14(2)28-20-10-17(21(29)11-24(4)12-33(30,31)13-24)9-19(26)22(20)23(27-28)16-6-5-7-18(8-16)32-15(3)25;1-14(2)28-23-19(22(27-28)16-6-5-7-17(10-16)32-15(3)25)9-8-18(21(23)26)20(29)11-24(4)12-33(30,31)13-24;1-13(2)28-20-7-19(21(29)8-23(5)11-33(30,31)12-23)26-10-18(20)22(27-28)17-6-16(32-15(4)24)9-25-14(17)3/h5-7,12-13,15-17H,8-11,14H2,1-4H3;2*5-10,14-15H,11-13H2,1-4H3;6-7,9-10,13,15H,8,11-12H2,1-5H3. The van der Waals surface area contributed by atoms with Crippen LogP contribution in [0.15, 0.2) is 134 Å². The van der Waals surface area contributed by atoms with Crippen molar-refractivity contribution in [2.24, 2.45) is 21.7 Å². The van der Waals surface area contributed by atoms with Gasteiger partial charge in [0.05, 0.1) is 79.7 Å². The molecule has 4 fully saturated rings. The molecule has 4 aliphatic heterocycles. The number of fused-ring (bicyclic) bond motifs is 4. The van der Waals surface area contributed by atoms with Crippen molar-refractivity contribution in [3.63, 3.8) is 0 Å². The Balaban J connectivity index is 0.000000151. The number of benzene rings is 5. The van der Waals surface area contributed by atoms with E-state index >= 15 is 8.78 Å². The fourth-order valence-corrected chi connectivity index (χ4v) is 26.3. The van der Waals surface area contributed by atoms with Crippen molar-refractivity contribution in [2.75, 3.05) is 46.0 Å². The summed E-state index contributed by atoms with van der Waals surface area (Å²) in [5, 5.41) is 20.2. The number of pyridine rings is 3. The maximum Gasteiger partial charge on any atom is 0.235 e. The van der Waals surface area contributed by atoms with E-state index < -0.39 is 98.4 Å².